The molecular weight excluding hydrogens is 288 g/mol. The van der Waals surface area contributed by atoms with Gasteiger partial charge in [0.25, 0.3) is 0 Å². The summed E-state index contributed by atoms with van der Waals surface area (Å²) in [6.07, 6.45) is 23.5. The molecule has 0 aromatic heterocycles. The van der Waals surface area contributed by atoms with E-state index in [0.29, 0.717) is 6.42 Å². The normalized spacial score (nSPS) is 13.8. The van der Waals surface area contributed by atoms with Crippen molar-refractivity contribution >= 4 is 5.97 Å². The molecular formula is C20H32O3. The fraction of sp³-hybridized carbons (Fsp3) is 0.550. The Morgan fingerprint density at radius 1 is 0.957 bits per heavy atom. The van der Waals surface area contributed by atoms with E-state index in [1.807, 2.05) is 36.5 Å². The number of allylic oxidation sites excluding steroid dienone is 7. The van der Waals surface area contributed by atoms with Crippen LogP contribution in [0.1, 0.15) is 64.7 Å². The summed E-state index contributed by atoms with van der Waals surface area (Å²) in [5.74, 6) is -0.732. The molecule has 130 valence electrons. The van der Waals surface area contributed by atoms with Gasteiger partial charge in [0.1, 0.15) is 0 Å². The molecule has 0 spiro atoms. The Kier molecular flexibility index (Phi) is 15.6. The number of rotatable bonds is 14. The molecule has 0 aromatic carbocycles. The lowest BCUT2D eigenvalue weighted by Gasteiger charge is -2.05. The van der Waals surface area contributed by atoms with Crippen molar-refractivity contribution in [2.24, 2.45) is 0 Å². The van der Waals surface area contributed by atoms with Crippen LogP contribution in [0.4, 0.5) is 0 Å². The maximum atomic E-state index is 10.3. The van der Waals surface area contributed by atoms with E-state index in [1.54, 1.807) is 0 Å². The van der Waals surface area contributed by atoms with Crippen molar-refractivity contribution in [1.29, 1.82) is 0 Å². The van der Waals surface area contributed by atoms with E-state index in [9.17, 15) is 9.90 Å². The van der Waals surface area contributed by atoms with Gasteiger partial charge in [-0.05, 0) is 32.1 Å². The van der Waals surface area contributed by atoms with Crippen LogP contribution in [0.15, 0.2) is 48.6 Å². The van der Waals surface area contributed by atoms with E-state index in [1.165, 1.54) is 12.8 Å². The van der Waals surface area contributed by atoms with Crippen LogP contribution in [0.3, 0.4) is 0 Å². The average Bonchev–Trinajstić information content (AvgIpc) is 2.51. The van der Waals surface area contributed by atoms with Crippen molar-refractivity contribution in [1.82, 2.24) is 0 Å². The second-order valence-corrected chi connectivity index (χ2v) is 5.62. The lowest BCUT2D eigenvalue weighted by atomic mass is 10.1. The van der Waals surface area contributed by atoms with Crippen LogP contribution >= 0.6 is 0 Å². The molecule has 0 aliphatic rings. The molecule has 3 heteroatoms. The molecule has 0 heterocycles. The SMILES string of the molecule is CCCCCC(O)C/C=C/C=C/C=C\C/C=C\CCCC(=O)O. The number of carboxylic acid groups (broad SMARTS) is 1. The first kappa shape index (κ1) is 21.4. The second kappa shape index (κ2) is 16.8. The van der Waals surface area contributed by atoms with Gasteiger partial charge in [-0.15, -0.1) is 0 Å². The highest BCUT2D eigenvalue weighted by molar-refractivity contribution is 5.66. The third-order valence-electron chi connectivity index (χ3n) is 3.35. The first-order valence-electron chi connectivity index (χ1n) is 8.70. The summed E-state index contributed by atoms with van der Waals surface area (Å²) < 4.78 is 0. The van der Waals surface area contributed by atoms with Gasteiger partial charge in [-0.3, -0.25) is 4.79 Å². The first-order valence-corrected chi connectivity index (χ1v) is 8.70. The van der Waals surface area contributed by atoms with Gasteiger partial charge in [-0.2, -0.15) is 0 Å². The molecule has 0 fully saturated rings. The van der Waals surface area contributed by atoms with Crippen molar-refractivity contribution in [2.75, 3.05) is 0 Å². The van der Waals surface area contributed by atoms with Crippen LogP contribution in [-0.2, 0) is 4.79 Å². The summed E-state index contributed by atoms with van der Waals surface area (Å²) in [7, 11) is 0. The minimum atomic E-state index is -0.732. The zero-order chi connectivity index (χ0) is 17.2. The Balaban J connectivity index is 3.59. The Morgan fingerprint density at radius 2 is 1.70 bits per heavy atom. The molecule has 0 saturated carbocycles. The lowest BCUT2D eigenvalue weighted by molar-refractivity contribution is -0.137. The molecule has 23 heavy (non-hydrogen) atoms. The Morgan fingerprint density at radius 3 is 2.39 bits per heavy atom. The smallest absolute Gasteiger partial charge is 0.303 e. The first-order chi connectivity index (χ1) is 11.2. The minimum absolute atomic E-state index is 0.215. The highest BCUT2D eigenvalue weighted by Gasteiger charge is 1.99. The van der Waals surface area contributed by atoms with Gasteiger partial charge in [0, 0.05) is 6.42 Å². The number of carboxylic acids is 1. The monoisotopic (exact) mass is 320 g/mol. The van der Waals surface area contributed by atoms with Gasteiger partial charge in [0.05, 0.1) is 6.10 Å². The number of aliphatic hydroxyl groups excluding tert-OH is 1. The lowest BCUT2D eigenvalue weighted by Crippen LogP contribution is -2.03. The van der Waals surface area contributed by atoms with Crippen LogP contribution in [-0.4, -0.2) is 22.3 Å². The summed E-state index contributed by atoms with van der Waals surface area (Å²) >= 11 is 0. The highest BCUT2D eigenvalue weighted by atomic mass is 16.4. The van der Waals surface area contributed by atoms with E-state index in [-0.39, 0.29) is 12.5 Å². The molecule has 0 aliphatic heterocycles. The molecule has 0 aliphatic carbocycles. The topological polar surface area (TPSA) is 57.5 Å². The molecule has 1 atom stereocenters. The molecule has 0 radical (unpaired) electrons. The van der Waals surface area contributed by atoms with E-state index < -0.39 is 5.97 Å². The molecule has 2 N–H and O–H groups in total. The summed E-state index contributed by atoms with van der Waals surface area (Å²) in [4.78, 5) is 10.3. The number of hydrogen-bond donors (Lipinski definition) is 2. The Hall–Kier alpha value is -1.61. The minimum Gasteiger partial charge on any atom is -0.481 e. The van der Waals surface area contributed by atoms with Crippen molar-refractivity contribution in [2.45, 2.75) is 70.8 Å². The van der Waals surface area contributed by atoms with E-state index in [2.05, 4.69) is 19.1 Å². The summed E-state index contributed by atoms with van der Waals surface area (Å²) in [6.45, 7) is 2.17. The van der Waals surface area contributed by atoms with Crippen LogP contribution in [0.2, 0.25) is 0 Å². The van der Waals surface area contributed by atoms with Crippen LogP contribution < -0.4 is 0 Å². The number of aliphatic carboxylic acids is 1. The number of aliphatic hydroxyl groups is 1. The van der Waals surface area contributed by atoms with Gasteiger partial charge in [-0.1, -0.05) is 74.8 Å². The molecule has 1 unspecified atom stereocenters. The molecule has 0 bridgehead atoms. The molecule has 0 saturated heterocycles. The average molecular weight is 320 g/mol. The Bertz CT molecular complexity index is 392. The zero-order valence-electron chi connectivity index (χ0n) is 14.4. The number of carbonyl (C=O) groups is 1. The maximum absolute atomic E-state index is 10.3. The number of hydrogen-bond acceptors (Lipinski definition) is 2. The van der Waals surface area contributed by atoms with Crippen molar-refractivity contribution in [3.8, 4) is 0 Å². The van der Waals surface area contributed by atoms with Crippen LogP contribution in [0, 0.1) is 0 Å². The summed E-state index contributed by atoms with van der Waals surface area (Å²) in [6, 6.07) is 0. The van der Waals surface area contributed by atoms with Gasteiger partial charge in [0.2, 0.25) is 0 Å². The molecule has 0 amide bonds. The standard InChI is InChI=1S/C20H32O3/c1-2-3-13-16-19(21)17-14-11-9-7-5-4-6-8-10-12-15-18-20(22)23/h4-5,7-11,14,19,21H,2-3,6,12-13,15-18H2,1H3,(H,22,23)/b5-4-,9-7+,10-8-,14-11+. The van der Waals surface area contributed by atoms with E-state index in [0.717, 1.165) is 32.1 Å². The maximum Gasteiger partial charge on any atom is 0.303 e. The van der Waals surface area contributed by atoms with Crippen molar-refractivity contribution in [3.63, 3.8) is 0 Å². The third-order valence-corrected chi connectivity index (χ3v) is 3.35. The quantitative estimate of drug-likeness (QED) is 0.263. The number of unbranched alkanes of at least 4 members (excludes halogenated alkanes) is 3. The summed E-state index contributed by atoms with van der Waals surface area (Å²) in [5.41, 5.74) is 0. The van der Waals surface area contributed by atoms with Gasteiger partial charge in [0.15, 0.2) is 0 Å². The van der Waals surface area contributed by atoms with Gasteiger partial charge in [-0.25, -0.2) is 0 Å². The summed E-state index contributed by atoms with van der Waals surface area (Å²) in [5, 5.41) is 18.2. The zero-order valence-corrected chi connectivity index (χ0v) is 14.4. The molecule has 3 nitrogen and oxygen atoms in total. The van der Waals surface area contributed by atoms with E-state index in [4.69, 9.17) is 5.11 Å². The van der Waals surface area contributed by atoms with E-state index >= 15 is 0 Å². The second-order valence-electron chi connectivity index (χ2n) is 5.62. The highest BCUT2D eigenvalue weighted by Crippen LogP contribution is 2.06. The largest absolute Gasteiger partial charge is 0.481 e. The predicted octanol–water partition coefficient (Wildman–Crippen LogP) is 5.19. The molecule has 0 aromatic rings. The third kappa shape index (κ3) is 18.3. The van der Waals surface area contributed by atoms with Gasteiger partial charge >= 0.3 is 5.97 Å². The fourth-order valence-electron chi connectivity index (χ4n) is 2.01. The van der Waals surface area contributed by atoms with Crippen LogP contribution in [0.25, 0.3) is 0 Å². The predicted molar refractivity (Wildman–Crippen MR) is 97.4 cm³/mol. The van der Waals surface area contributed by atoms with Crippen molar-refractivity contribution in [3.05, 3.63) is 48.6 Å². The van der Waals surface area contributed by atoms with Crippen molar-refractivity contribution < 1.29 is 15.0 Å². The fourth-order valence-corrected chi connectivity index (χ4v) is 2.01. The molecule has 0 rings (SSSR count). The Labute approximate surface area is 141 Å². The van der Waals surface area contributed by atoms with Crippen LogP contribution in [0.5, 0.6) is 0 Å². The van der Waals surface area contributed by atoms with Gasteiger partial charge < -0.3 is 10.2 Å².